The summed E-state index contributed by atoms with van der Waals surface area (Å²) in [7, 11) is 1.85. The van der Waals surface area contributed by atoms with Crippen LogP contribution < -0.4 is 5.32 Å². The van der Waals surface area contributed by atoms with Gasteiger partial charge < -0.3 is 20.1 Å². The molecule has 2 aliphatic rings. The maximum atomic E-state index is 10.3. The second-order valence-electron chi connectivity index (χ2n) is 7.08. The van der Waals surface area contributed by atoms with Crippen molar-refractivity contribution in [3.63, 3.8) is 0 Å². The zero-order valence-electron chi connectivity index (χ0n) is 14.9. The number of aliphatic hydroxyl groups is 1. The molecule has 6 heteroatoms. The molecular formula is C17H34IN3O2. The van der Waals surface area contributed by atoms with E-state index in [4.69, 9.17) is 4.74 Å². The minimum Gasteiger partial charge on any atom is -0.392 e. The van der Waals surface area contributed by atoms with E-state index < -0.39 is 0 Å². The maximum Gasteiger partial charge on any atom is 0.193 e. The van der Waals surface area contributed by atoms with Gasteiger partial charge in [0.25, 0.3) is 0 Å². The summed E-state index contributed by atoms with van der Waals surface area (Å²) in [5, 5.41) is 13.8. The Morgan fingerprint density at radius 3 is 2.83 bits per heavy atom. The molecule has 1 aliphatic heterocycles. The summed E-state index contributed by atoms with van der Waals surface area (Å²) in [6, 6.07) is 0. The molecule has 136 valence electrons. The van der Waals surface area contributed by atoms with E-state index in [1.165, 1.54) is 12.8 Å². The molecule has 0 aromatic carbocycles. The van der Waals surface area contributed by atoms with Crippen LogP contribution in [0.1, 0.15) is 46.0 Å². The van der Waals surface area contributed by atoms with Crippen molar-refractivity contribution >= 4 is 29.9 Å². The van der Waals surface area contributed by atoms with Gasteiger partial charge in [0, 0.05) is 44.6 Å². The predicted octanol–water partition coefficient (Wildman–Crippen LogP) is 2.48. The molecule has 2 rings (SSSR count). The Balaban J connectivity index is 0.00000264. The molecule has 0 amide bonds. The first-order valence-electron chi connectivity index (χ1n) is 8.80. The molecule has 3 atom stereocenters. The predicted molar refractivity (Wildman–Crippen MR) is 106 cm³/mol. The number of ether oxygens (including phenoxy) is 1. The van der Waals surface area contributed by atoms with Crippen LogP contribution in [0.3, 0.4) is 0 Å². The van der Waals surface area contributed by atoms with Gasteiger partial charge in [-0.3, -0.25) is 4.99 Å². The fourth-order valence-corrected chi connectivity index (χ4v) is 3.65. The van der Waals surface area contributed by atoms with Gasteiger partial charge in [-0.1, -0.05) is 19.8 Å². The van der Waals surface area contributed by atoms with Crippen molar-refractivity contribution in [1.82, 2.24) is 10.2 Å². The van der Waals surface area contributed by atoms with Gasteiger partial charge in [-0.15, -0.1) is 24.0 Å². The Hall–Kier alpha value is -0.0800. The molecule has 0 bridgehead atoms. The summed E-state index contributed by atoms with van der Waals surface area (Å²) in [6.45, 7) is 8.73. The van der Waals surface area contributed by atoms with Crippen LogP contribution in [0.25, 0.3) is 0 Å². The molecule has 1 saturated heterocycles. The summed E-state index contributed by atoms with van der Waals surface area (Å²) < 4.78 is 5.54. The highest BCUT2D eigenvalue weighted by molar-refractivity contribution is 14.0. The van der Waals surface area contributed by atoms with Crippen molar-refractivity contribution < 1.29 is 9.84 Å². The number of aliphatic imine (C=N–C) groups is 1. The summed E-state index contributed by atoms with van der Waals surface area (Å²) in [5.41, 5.74) is -0.0291. The number of rotatable bonds is 5. The van der Waals surface area contributed by atoms with Crippen molar-refractivity contribution in [2.75, 3.05) is 39.9 Å². The normalized spacial score (nSPS) is 31.8. The Morgan fingerprint density at radius 1 is 1.39 bits per heavy atom. The quantitative estimate of drug-likeness (QED) is 0.393. The van der Waals surface area contributed by atoms with Gasteiger partial charge in [-0.2, -0.15) is 0 Å². The number of likely N-dealkylation sites (tertiary alicyclic amines) is 1. The van der Waals surface area contributed by atoms with E-state index in [0.717, 1.165) is 58.1 Å². The van der Waals surface area contributed by atoms with Crippen LogP contribution in [0.4, 0.5) is 0 Å². The summed E-state index contributed by atoms with van der Waals surface area (Å²) in [5.74, 6) is 1.58. The van der Waals surface area contributed by atoms with E-state index in [1.807, 2.05) is 14.0 Å². The summed E-state index contributed by atoms with van der Waals surface area (Å²) >= 11 is 0. The highest BCUT2D eigenvalue weighted by atomic mass is 127. The van der Waals surface area contributed by atoms with Crippen LogP contribution in [0.15, 0.2) is 4.99 Å². The Bertz CT molecular complexity index is 381. The number of hydrogen-bond acceptors (Lipinski definition) is 3. The van der Waals surface area contributed by atoms with Crippen molar-refractivity contribution in [3.8, 4) is 0 Å². The fourth-order valence-electron chi connectivity index (χ4n) is 3.65. The molecule has 1 aliphatic carbocycles. The van der Waals surface area contributed by atoms with Crippen molar-refractivity contribution in [2.45, 2.75) is 52.1 Å². The second kappa shape index (κ2) is 10.0. The Morgan fingerprint density at radius 2 is 2.17 bits per heavy atom. The third-order valence-electron chi connectivity index (χ3n) is 5.29. The van der Waals surface area contributed by atoms with Gasteiger partial charge >= 0.3 is 0 Å². The van der Waals surface area contributed by atoms with Crippen LogP contribution >= 0.6 is 24.0 Å². The van der Waals surface area contributed by atoms with Crippen LogP contribution in [0, 0.1) is 11.3 Å². The molecule has 23 heavy (non-hydrogen) atoms. The SMILES string of the molecule is CCOCC1CCN(C(=NC)NCC2(C)CCCCC2O)C1.I. The van der Waals surface area contributed by atoms with E-state index in [0.29, 0.717) is 5.92 Å². The van der Waals surface area contributed by atoms with Crippen LogP contribution in [0.5, 0.6) is 0 Å². The Labute approximate surface area is 158 Å². The molecule has 3 unspecified atom stereocenters. The first kappa shape index (κ1) is 21.0. The highest BCUT2D eigenvalue weighted by Gasteiger charge is 2.36. The van der Waals surface area contributed by atoms with Gasteiger partial charge in [-0.25, -0.2) is 0 Å². The molecule has 1 saturated carbocycles. The first-order chi connectivity index (χ1) is 10.6. The zero-order chi connectivity index (χ0) is 16.0. The molecule has 1 heterocycles. The standard InChI is InChI=1S/C17H33N3O2.HI/c1-4-22-12-14-8-10-20(11-14)16(18-3)19-13-17(2)9-6-5-7-15(17)21;/h14-15,21H,4-13H2,1-3H3,(H,18,19);1H. The lowest BCUT2D eigenvalue weighted by Crippen LogP contribution is -2.49. The average Bonchev–Trinajstić information content (AvgIpc) is 2.98. The monoisotopic (exact) mass is 439 g/mol. The zero-order valence-corrected chi connectivity index (χ0v) is 17.2. The number of halogens is 1. The number of hydrogen-bond donors (Lipinski definition) is 2. The number of nitrogens with zero attached hydrogens (tertiary/aromatic N) is 2. The van der Waals surface area contributed by atoms with Gasteiger partial charge in [0.15, 0.2) is 5.96 Å². The molecule has 5 nitrogen and oxygen atoms in total. The van der Waals surface area contributed by atoms with Crippen LogP contribution in [0.2, 0.25) is 0 Å². The van der Waals surface area contributed by atoms with E-state index in [1.54, 1.807) is 0 Å². The van der Waals surface area contributed by atoms with E-state index in [-0.39, 0.29) is 35.5 Å². The summed E-state index contributed by atoms with van der Waals surface area (Å²) in [6.07, 6.45) is 5.35. The molecule has 0 aromatic heterocycles. The Kier molecular flexibility index (Phi) is 9.15. The fraction of sp³-hybridized carbons (Fsp3) is 0.941. The molecule has 0 spiro atoms. The third-order valence-corrected chi connectivity index (χ3v) is 5.29. The summed E-state index contributed by atoms with van der Waals surface area (Å²) in [4.78, 5) is 6.76. The smallest absolute Gasteiger partial charge is 0.193 e. The second-order valence-corrected chi connectivity index (χ2v) is 7.08. The lowest BCUT2D eigenvalue weighted by Gasteiger charge is -2.39. The number of guanidine groups is 1. The molecular weight excluding hydrogens is 405 g/mol. The van der Waals surface area contributed by atoms with Gasteiger partial charge in [0.2, 0.25) is 0 Å². The van der Waals surface area contributed by atoms with Gasteiger partial charge in [-0.05, 0) is 26.2 Å². The largest absolute Gasteiger partial charge is 0.392 e. The maximum absolute atomic E-state index is 10.3. The number of aliphatic hydroxyl groups excluding tert-OH is 1. The van der Waals surface area contributed by atoms with Crippen molar-refractivity contribution in [1.29, 1.82) is 0 Å². The lowest BCUT2D eigenvalue weighted by atomic mass is 9.73. The number of nitrogens with one attached hydrogen (secondary N) is 1. The minimum atomic E-state index is -0.198. The highest BCUT2D eigenvalue weighted by Crippen LogP contribution is 2.35. The molecule has 0 aromatic rings. The molecule has 2 fully saturated rings. The van der Waals surface area contributed by atoms with E-state index in [9.17, 15) is 5.11 Å². The van der Waals surface area contributed by atoms with Crippen molar-refractivity contribution in [2.24, 2.45) is 16.3 Å². The van der Waals surface area contributed by atoms with Crippen LogP contribution in [-0.4, -0.2) is 62.0 Å². The lowest BCUT2D eigenvalue weighted by molar-refractivity contribution is 0.00368. The average molecular weight is 439 g/mol. The van der Waals surface area contributed by atoms with Crippen LogP contribution in [-0.2, 0) is 4.74 Å². The topological polar surface area (TPSA) is 57.1 Å². The van der Waals surface area contributed by atoms with Gasteiger partial charge in [0.1, 0.15) is 0 Å². The van der Waals surface area contributed by atoms with Crippen molar-refractivity contribution in [3.05, 3.63) is 0 Å². The molecule has 2 N–H and O–H groups in total. The van der Waals surface area contributed by atoms with E-state index >= 15 is 0 Å². The molecule has 0 radical (unpaired) electrons. The minimum absolute atomic E-state index is 0. The van der Waals surface area contributed by atoms with E-state index in [2.05, 4.69) is 22.1 Å². The third kappa shape index (κ3) is 5.74. The first-order valence-corrected chi connectivity index (χ1v) is 8.80. The van der Waals surface area contributed by atoms with Gasteiger partial charge in [0.05, 0.1) is 12.7 Å².